The van der Waals surface area contributed by atoms with Gasteiger partial charge < -0.3 is 5.32 Å². The van der Waals surface area contributed by atoms with Crippen LogP contribution >= 0.6 is 0 Å². The van der Waals surface area contributed by atoms with E-state index in [-0.39, 0.29) is 0 Å². The van der Waals surface area contributed by atoms with Crippen LogP contribution in [0.5, 0.6) is 0 Å². The smallest absolute Gasteiger partial charge is 0.0205 e. The summed E-state index contributed by atoms with van der Waals surface area (Å²) in [6.45, 7) is 11.6. The van der Waals surface area contributed by atoms with E-state index in [2.05, 4.69) is 63.3 Å². The summed E-state index contributed by atoms with van der Waals surface area (Å²) in [5.74, 6) is 0.857. The van der Waals surface area contributed by atoms with Crippen molar-refractivity contribution in [3.8, 4) is 0 Å². The van der Waals surface area contributed by atoms with E-state index in [1.165, 1.54) is 31.2 Å². The Balaban J connectivity index is 2.18. The molecule has 0 heterocycles. The molecule has 1 nitrogen and oxygen atoms in total. The van der Waals surface area contributed by atoms with E-state index in [4.69, 9.17) is 0 Å². The van der Waals surface area contributed by atoms with Crippen molar-refractivity contribution < 1.29 is 0 Å². The quantitative estimate of drug-likeness (QED) is 0.648. The van der Waals surface area contributed by atoms with E-state index in [0.29, 0.717) is 5.41 Å². The van der Waals surface area contributed by atoms with Gasteiger partial charge in [-0.2, -0.15) is 0 Å². The number of benzene rings is 1. The monoisotopic (exact) mass is 261 g/mol. The highest BCUT2D eigenvalue weighted by atomic mass is 14.8. The average Bonchev–Trinajstić information content (AvgIpc) is 2.37. The molecule has 1 aromatic rings. The van der Waals surface area contributed by atoms with Gasteiger partial charge >= 0.3 is 0 Å². The molecule has 0 bridgehead atoms. The second kappa shape index (κ2) is 8.37. The van der Waals surface area contributed by atoms with Gasteiger partial charge in [0.1, 0.15) is 0 Å². The second-order valence-electron chi connectivity index (χ2n) is 6.66. The number of hydrogen-bond acceptors (Lipinski definition) is 1. The van der Waals surface area contributed by atoms with Crippen molar-refractivity contribution in [2.75, 3.05) is 6.54 Å². The fraction of sp³-hybridized carbons (Fsp3) is 0.667. The second-order valence-corrected chi connectivity index (χ2v) is 6.66. The molecule has 1 N–H and O–H groups in total. The highest BCUT2D eigenvalue weighted by Crippen LogP contribution is 2.33. The van der Waals surface area contributed by atoms with Crippen molar-refractivity contribution >= 4 is 0 Å². The molecule has 1 unspecified atom stereocenters. The van der Waals surface area contributed by atoms with Crippen LogP contribution in [0.4, 0.5) is 0 Å². The summed E-state index contributed by atoms with van der Waals surface area (Å²) in [4.78, 5) is 0. The Hall–Kier alpha value is -0.820. The van der Waals surface area contributed by atoms with Gasteiger partial charge in [0.15, 0.2) is 0 Å². The van der Waals surface area contributed by atoms with Gasteiger partial charge in [-0.3, -0.25) is 0 Å². The molecule has 0 aromatic heterocycles. The average molecular weight is 261 g/mol. The van der Waals surface area contributed by atoms with Crippen LogP contribution in [0.3, 0.4) is 0 Å². The third-order valence-electron chi connectivity index (χ3n) is 3.94. The van der Waals surface area contributed by atoms with Gasteiger partial charge in [0.05, 0.1) is 0 Å². The molecule has 0 saturated heterocycles. The Bertz CT molecular complexity index is 323. The minimum Gasteiger partial charge on any atom is -0.313 e. The zero-order valence-electron chi connectivity index (χ0n) is 13.2. The van der Waals surface area contributed by atoms with E-state index < -0.39 is 0 Å². The Kier molecular flexibility index (Phi) is 7.15. The Morgan fingerprint density at radius 1 is 1.05 bits per heavy atom. The van der Waals surface area contributed by atoms with Gasteiger partial charge in [-0.1, -0.05) is 70.9 Å². The molecule has 1 atom stereocenters. The lowest BCUT2D eigenvalue weighted by Gasteiger charge is -2.30. The molecule has 0 spiro atoms. The first-order valence-electron chi connectivity index (χ1n) is 7.78. The normalized spacial score (nSPS) is 13.5. The molecule has 0 aliphatic heterocycles. The first-order valence-corrected chi connectivity index (χ1v) is 7.78. The molecule has 0 amide bonds. The molecular formula is C18H31N. The zero-order chi connectivity index (χ0) is 14.1. The Morgan fingerprint density at radius 3 is 2.32 bits per heavy atom. The standard InChI is InChI=1S/C18H31N/c1-5-10-17(18(2,3)4)13-9-14-19-15-16-11-7-6-8-12-16/h6-8,11-12,17,19H,5,9-10,13-15H2,1-4H3. The maximum absolute atomic E-state index is 3.55. The lowest BCUT2D eigenvalue weighted by atomic mass is 9.76. The molecule has 0 aliphatic carbocycles. The van der Waals surface area contributed by atoms with Crippen molar-refractivity contribution in [3.05, 3.63) is 35.9 Å². The van der Waals surface area contributed by atoms with E-state index >= 15 is 0 Å². The number of hydrogen-bond donors (Lipinski definition) is 1. The molecule has 1 heteroatoms. The van der Waals surface area contributed by atoms with Crippen molar-refractivity contribution in [2.45, 2.75) is 59.9 Å². The highest BCUT2D eigenvalue weighted by molar-refractivity contribution is 5.14. The maximum atomic E-state index is 3.55. The lowest BCUT2D eigenvalue weighted by Crippen LogP contribution is -2.22. The summed E-state index contributed by atoms with van der Waals surface area (Å²) in [6, 6.07) is 10.6. The summed E-state index contributed by atoms with van der Waals surface area (Å²) >= 11 is 0. The number of rotatable bonds is 8. The van der Waals surface area contributed by atoms with Crippen molar-refractivity contribution in [2.24, 2.45) is 11.3 Å². The molecule has 19 heavy (non-hydrogen) atoms. The summed E-state index contributed by atoms with van der Waals surface area (Å²) in [5, 5.41) is 3.55. The van der Waals surface area contributed by atoms with Crippen LogP contribution in [-0.4, -0.2) is 6.54 Å². The van der Waals surface area contributed by atoms with Gasteiger partial charge in [0.25, 0.3) is 0 Å². The topological polar surface area (TPSA) is 12.0 Å². The summed E-state index contributed by atoms with van der Waals surface area (Å²) in [6.07, 6.45) is 5.30. The van der Waals surface area contributed by atoms with Crippen LogP contribution in [0.2, 0.25) is 0 Å². The van der Waals surface area contributed by atoms with E-state index in [9.17, 15) is 0 Å². The van der Waals surface area contributed by atoms with Crippen molar-refractivity contribution in [1.82, 2.24) is 5.32 Å². The first-order chi connectivity index (χ1) is 9.04. The van der Waals surface area contributed by atoms with Gasteiger partial charge in [0.2, 0.25) is 0 Å². The van der Waals surface area contributed by atoms with Crippen LogP contribution < -0.4 is 5.32 Å². The largest absolute Gasteiger partial charge is 0.313 e. The van der Waals surface area contributed by atoms with Crippen LogP contribution in [0, 0.1) is 11.3 Å². The van der Waals surface area contributed by atoms with Crippen LogP contribution in [0.1, 0.15) is 58.9 Å². The third kappa shape index (κ3) is 6.77. The van der Waals surface area contributed by atoms with Gasteiger partial charge in [0, 0.05) is 6.54 Å². The lowest BCUT2D eigenvalue weighted by molar-refractivity contribution is 0.206. The van der Waals surface area contributed by atoms with Crippen LogP contribution in [-0.2, 0) is 6.54 Å². The summed E-state index contributed by atoms with van der Waals surface area (Å²) in [5.41, 5.74) is 1.83. The first kappa shape index (κ1) is 16.2. The van der Waals surface area contributed by atoms with Crippen molar-refractivity contribution in [1.29, 1.82) is 0 Å². The maximum Gasteiger partial charge on any atom is 0.0205 e. The predicted octanol–water partition coefficient (Wildman–Crippen LogP) is 5.02. The van der Waals surface area contributed by atoms with E-state index in [0.717, 1.165) is 19.0 Å². The summed E-state index contributed by atoms with van der Waals surface area (Å²) < 4.78 is 0. The number of nitrogens with one attached hydrogen (secondary N) is 1. The van der Waals surface area contributed by atoms with E-state index in [1.807, 2.05) is 0 Å². The minimum atomic E-state index is 0.454. The van der Waals surface area contributed by atoms with Crippen molar-refractivity contribution in [3.63, 3.8) is 0 Å². The molecule has 0 fully saturated rings. The third-order valence-corrected chi connectivity index (χ3v) is 3.94. The minimum absolute atomic E-state index is 0.454. The molecule has 108 valence electrons. The molecule has 1 rings (SSSR count). The summed E-state index contributed by atoms with van der Waals surface area (Å²) in [7, 11) is 0. The van der Waals surface area contributed by atoms with Crippen LogP contribution in [0.15, 0.2) is 30.3 Å². The molecule has 0 saturated carbocycles. The fourth-order valence-electron chi connectivity index (χ4n) is 2.66. The van der Waals surface area contributed by atoms with Gasteiger partial charge in [-0.05, 0) is 36.3 Å². The van der Waals surface area contributed by atoms with Gasteiger partial charge in [-0.25, -0.2) is 0 Å². The van der Waals surface area contributed by atoms with E-state index in [1.54, 1.807) is 0 Å². The SMILES string of the molecule is CCCC(CCCNCc1ccccc1)C(C)(C)C. The zero-order valence-corrected chi connectivity index (χ0v) is 13.2. The molecular weight excluding hydrogens is 230 g/mol. The van der Waals surface area contributed by atoms with Gasteiger partial charge in [-0.15, -0.1) is 0 Å². The Morgan fingerprint density at radius 2 is 1.74 bits per heavy atom. The predicted molar refractivity (Wildman–Crippen MR) is 85.2 cm³/mol. The fourth-order valence-corrected chi connectivity index (χ4v) is 2.66. The molecule has 1 aromatic carbocycles. The van der Waals surface area contributed by atoms with Crippen LogP contribution in [0.25, 0.3) is 0 Å². The Labute approximate surface area is 119 Å². The molecule has 0 radical (unpaired) electrons. The highest BCUT2D eigenvalue weighted by Gasteiger charge is 2.22. The molecule has 0 aliphatic rings.